The predicted molar refractivity (Wildman–Crippen MR) is 71.9 cm³/mol. The average Bonchev–Trinajstić information content (AvgIpc) is 2.26. The highest BCUT2D eigenvalue weighted by molar-refractivity contribution is 7.92. The maximum Gasteiger partial charge on any atom is 0.153 e. The fourth-order valence-corrected chi connectivity index (χ4v) is 2.70. The summed E-state index contributed by atoms with van der Waals surface area (Å²) in [5.74, 6) is 0.175. The summed E-state index contributed by atoms with van der Waals surface area (Å²) >= 11 is 4.88. The molecule has 1 aliphatic rings. The molecular weight excluding hydrogens is 260 g/mol. The summed E-state index contributed by atoms with van der Waals surface area (Å²) < 4.78 is 28.8. The van der Waals surface area contributed by atoms with Crippen LogP contribution in [0, 0.1) is 0 Å². The first-order valence-electron chi connectivity index (χ1n) is 5.68. The van der Waals surface area contributed by atoms with E-state index in [-0.39, 0.29) is 17.1 Å². The lowest BCUT2D eigenvalue weighted by Gasteiger charge is -2.32. The van der Waals surface area contributed by atoms with Gasteiger partial charge in [-0.3, -0.25) is 4.90 Å². The number of sulfone groups is 1. The minimum atomic E-state index is -2.98. The molecule has 2 N–H and O–H groups in total. The second kappa shape index (κ2) is 6.08. The normalized spacial score (nSPS) is 22.9. The first-order chi connectivity index (χ1) is 7.83. The van der Waals surface area contributed by atoms with Crippen molar-refractivity contribution >= 4 is 27.0 Å². The number of nitrogens with two attached hydrogens (primary N) is 1. The Kier molecular flexibility index (Phi) is 5.30. The van der Waals surface area contributed by atoms with Crippen molar-refractivity contribution < 1.29 is 13.2 Å². The number of hydrogen-bond donors (Lipinski definition) is 1. The second-order valence-corrected chi connectivity index (χ2v) is 7.63. The van der Waals surface area contributed by atoms with Crippen LogP contribution in [0.15, 0.2) is 0 Å². The molecule has 0 bridgehead atoms. The van der Waals surface area contributed by atoms with Crippen LogP contribution in [0.25, 0.3) is 0 Å². The molecule has 0 spiro atoms. The van der Waals surface area contributed by atoms with Crippen LogP contribution in [0.5, 0.6) is 0 Å². The van der Waals surface area contributed by atoms with Crippen molar-refractivity contribution in [2.75, 3.05) is 32.0 Å². The van der Waals surface area contributed by atoms with Gasteiger partial charge in [-0.1, -0.05) is 12.2 Å². The van der Waals surface area contributed by atoms with Gasteiger partial charge in [0, 0.05) is 19.6 Å². The van der Waals surface area contributed by atoms with Gasteiger partial charge in [0.1, 0.15) is 11.1 Å². The van der Waals surface area contributed by atoms with E-state index in [1.54, 1.807) is 13.8 Å². The van der Waals surface area contributed by atoms with Crippen LogP contribution in [-0.2, 0) is 14.6 Å². The van der Waals surface area contributed by atoms with Crippen LogP contribution in [0.1, 0.15) is 13.8 Å². The zero-order chi connectivity index (χ0) is 13.1. The molecular formula is C10H20N2O3S2. The van der Waals surface area contributed by atoms with E-state index in [1.807, 2.05) is 4.90 Å². The van der Waals surface area contributed by atoms with Crippen molar-refractivity contribution in [3.8, 4) is 0 Å². The number of nitrogens with zero attached hydrogens (tertiary/aromatic N) is 1. The molecule has 1 rings (SSSR count). The molecule has 0 saturated carbocycles. The average molecular weight is 280 g/mol. The lowest BCUT2D eigenvalue weighted by Crippen LogP contribution is -2.49. The summed E-state index contributed by atoms with van der Waals surface area (Å²) in [7, 11) is -2.98. The van der Waals surface area contributed by atoms with Crippen molar-refractivity contribution in [3.63, 3.8) is 0 Å². The Bertz CT molecular complexity index is 368. The van der Waals surface area contributed by atoms with Gasteiger partial charge in [0.15, 0.2) is 9.84 Å². The molecule has 1 heterocycles. The monoisotopic (exact) mass is 280 g/mol. The summed E-state index contributed by atoms with van der Waals surface area (Å²) in [6.45, 7) is 5.78. The van der Waals surface area contributed by atoms with E-state index in [4.69, 9.17) is 22.7 Å². The van der Waals surface area contributed by atoms with E-state index in [2.05, 4.69) is 0 Å². The fourth-order valence-electron chi connectivity index (χ4n) is 1.57. The fraction of sp³-hybridized carbons (Fsp3) is 0.900. The first kappa shape index (κ1) is 14.8. The maximum atomic E-state index is 11.7. The molecule has 0 aromatic carbocycles. The Balaban J connectivity index is 2.45. The molecule has 100 valence electrons. The van der Waals surface area contributed by atoms with Crippen molar-refractivity contribution in [1.29, 1.82) is 0 Å². The second-order valence-electron chi connectivity index (χ2n) is 4.48. The van der Waals surface area contributed by atoms with Crippen LogP contribution in [0.3, 0.4) is 0 Å². The van der Waals surface area contributed by atoms with Gasteiger partial charge in [-0.15, -0.1) is 0 Å². The zero-order valence-corrected chi connectivity index (χ0v) is 11.9. The Morgan fingerprint density at radius 3 is 2.76 bits per heavy atom. The number of morpholine rings is 1. The van der Waals surface area contributed by atoms with E-state index in [9.17, 15) is 8.42 Å². The predicted octanol–water partition coefficient (Wildman–Crippen LogP) is -0.203. The van der Waals surface area contributed by atoms with Crippen LogP contribution in [-0.4, -0.2) is 61.7 Å². The molecule has 0 aliphatic carbocycles. The molecule has 0 amide bonds. The first-order valence-corrected chi connectivity index (χ1v) is 7.80. The van der Waals surface area contributed by atoms with E-state index >= 15 is 0 Å². The van der Waals surface area contributed by atoms with Gasteiger partial charge in [0.2, 0.25) is 0 Å². The third-order valence-electron chi connectivity index (χ3n) is 2.88. The largest absolute Gasteiger partial charge is 0.391 e. The molecule has 1 fully saturated rings. The maximum absolute atomic E-state index is 11.7. The number of ether oxygens (including phenoxy) is 1. The summed E-state index contributed by atoms with van der Waals surface area (Å²) in [4.78, 5) is 2.37. The third-order valence-corrected chi connectivity index (χ3v) is 5.33. The van der Waals surface area contributed by atoms with Crippen LogP contribution < -0.4 is 5.73 Å². The topological polar surface area (TPSA) is 72.6 Å². The molecule has 1 aliphatic heterocycles. The molecule has 0 radical (unpaired) electrons. The SMILES string of the molecule is CC(C)S(=O)(=O)CCN1CCOC(C(N)=S)C1. The lowest BCUT2D eigenvalue weighted by molar-refractivity contribution is 0.00973. The van der Waals surface area contributed by atoms with E-state index in [0.717, 1.165) is 6.54 Å². The summed E-state index contributed by atoms with van der Waals surface area (Å²) in [6, 6.07) is 0. The third kappa shape index (κ3) is 4.50. The summed E-state index contributed by atoms with van der Waals surface area (Å²) in [5, 5.41) is -0.324. The van der Waals surface area contributed by atoms with Crippen molar-refractivity contribution in [2.24, 2.45) is 5.73 Å². The molecule has 17 heavy (non-hydrogen) atoms. The van der Waals surface area contributed by atoms with Gasteiger partial charge in [-0.25, -0.2) is 8.42 Å². The smallest absolute Gasteiger partial charge is 0.153 e. The molecule has 5 nitrogen and oxygen atoms in total. The van der Waals surface area contributed by atoms with Gasteiger partial charge < -0.3 is 10.5 Å². The van der Waals surface area contributed by atoms with Crippen molar-refractivity contribution in [2.45, 2.75) is 25.2 Å². The molecule has 1 atom stereocenters. The molecule has 0 aromatic rings. The van der Waals surface area contributed by atoms with E-state index in [0.29, 0.717) is 24.7 Å². The van der Waals surface area contributed by atoms with Crippen LogP contribution in [0.2, 0.25) is 0 Å². The highest BCUT2D eigenvalue weighted by Gasteiger charge is 2.24. The molecule has 7 heteroatoms. The zero-order valence-electron chi connectivity index (χ0n) is 10.3. The van der Waals surface area contributed by atoms with Crippen LogP contribution in [0.4, 0.5) is 0 Å². The van der Waals surface area contributed by atoms with Gasteiger partial charge >= 0.3 is 0 Å². The molecule has 1 saturated heterocycles. The van der Waals surface area contributed by atoms with Gasteiger partial charge in [0.05, 0.1) is 17.6 Å². The number of thiocarbonyl (C=S) groups is 1. The molecule has 0 aromatic heterocycles. The van der Waals surface area contributed by atoms with Crippen molar-refractivity contribution in [1.82, 2.24) is 4.90 Å². The number of hydrogen-bond acceptors (Lipinski definition) is 5. The van der Waals surface area contributed by atoms with E-state index in [1.165, 1.54) is 0 Å². The minimum Gasteiger partial charge on any atom is -0.391 e. The highest BCUT2D eigenvalue weighted by atomic mass is 32.2. The minimum absolute atomic E-state index is 0.175. The Morgan fingerprint density at radius 2 is 2.24 bits per heavy atom. The number of rotatable bonds is 5. The van der Waals surface area contributed by atoms with Gasteiger partial charge in [0.25, 0.3) is 0 Å². The molecule has 1 unspecified atom stereocenters. The van der Waals surface area contributed by atoms with Gasteiger partial charge in [-0.2, -0.15) is 0 Å². The van der Waals surface area contributed by atoms with Crippen LogP contribution >= 0.6 is 12.2 Å². The Hall–Kier alpha value is -0.240. The Labute approximate surface area is 108 Å². The highest BCUT2D eigenvalue weighted by Crippen LogP contribution is 2.07. The van der Waals surface area contributed by atoms with E-state index < -0.39 is 9.84 Å². The standard InChI is InChI=1S/C10H20N2O3S2/c1-8(2)17(13,14)6-4-12-3-5-15-9(7-12)10(11)16/h8-9H,3-7H2,1-2H3,(H2,11,16). The summed E-state index contributed by atoms with van der Waals surface area (Å²) in [5.41, 5.74) is 5.52. The van der Waals surface area contributed by atoms with Crippen molar-refractivity contribution in [3.05, 3.63) is 0 Å². The summed E-state index contributed by atoms with van der Waals surface area (Å²) in [6.07, 6.45) is -0.250. The Morgan fingerprint density at radius 1 is 1.59 bits per heavy atom. The lowest BCUT2D eigenvalue weighted by atomic mass is 10.3. The van der Waals surface area contributed by atoms with Gasteiger partial charge in [-0.05, 0) is 13.8 Å². The quantitative estimate of drug-likeness (QED) is 0.703.